The summed E-state index contributed by atoms with van der Waals surface area (Å²) in [6, 6.07) is 13.9. The van der Waals surface area contributed by atoms with Crippen molar-refractivity contribution >= 4 is 23.2 Å². The van der Waals surface area contributed by atoms with Gasteiger partial charge in [0.1, 0.15) is 5.75 Å². The number of urea groups is 1. The minimum Gasteiger partial charge on any atom is -0.508 e. The number of amides is 2. The van der Waals surface area contributed by atoms with Crippen molar-refractivity contribution < 1.29 is 14.7 Å². The summed E-state index contributed by atoms with van der Waals surface area (Å²) in [5.74, 6) is 0.207. The third-order valence-electron chi connectivity index (χ3n) is 4.28. The molecule has 2 aromatic carbocycles. The Hall–Kier alpha value is -3.02. The molecule has 0 radical (unpaired) electrons. The number of hydrogen-bond donors (Lipinski definition) is 2. The average Bonchev–Trinajstić information content (AvgIpc) is 2.62. The summed E-state index contributed by atoms with van der Waals surface area (Å²) in [6.45, 7) is 4.08. The summed E-state index contributed by atoms with van der Waals surface area (Å²) in [4.78, 5) is 27.7. The molecule has 1 aliphatic heterocycles. The molecule has 130 valence electrons. The molecule has 0 spiro atoms. The van der Waals surface area contributed by atoms with Crippen molar-refractivity contribution in [2.24, 2.45) is 0 Å². The zero-order valence-electron chi connectivity index (χ0n) is 14.1. The summed E-state index contributed by atoms with van der Waals surface area (Å²) in [5, 5.41) is 12.4. The number of carbonyl (C=O) groups excluding carboxylic acids is 2. The summed E-state index contributed by atoms with van der Waals surface area (Å²) >= 11 is 0. The number of phenols is 1. The van der Waals surface area contributed by atoms with Crippen LogP contribution in [0.1, 0.15) is 17.3 Å². The van der Waals surface area contributed by atoms with E-state index in [1.807, 2.05) is 12.1 Å². The van der Waals surface area contributed by atoms with E-state index in [0.29, 0.717) is 37.4 Å². The van der Waals surface area contributed by atoms with Gasteiger partial charge >= 0.3 is 6.03 Å². The first-order valence-electron chi connectivity index (χ1n) is 8.24. The van der Waals surface area contributed by atoms with Crippen molar-refractivity contribution in [1.29, 1.82) is 0 Å². The fraction of sp³-hybridized carbons (Fsp3) is 0.263. The Balaban J connectivity index is 1.58. The molecule has 25 heavy (non-hydrogen) atoms. The van der Waals surface area contributed by atoms with Crippen LogP contribution in [0.15, 0.2) is 48.5 Å². The molecule has 0 unspecified atom stereocenters. The normalized spacial score (nSPS) is 14.3. The number of hydrogen-bond acceptors (Lipinski definition) is 4. The maximum Gasteiger partial charge on any atom is 0.321 e. The van der Waals surface area contributed by atoms with E-state index < -0.39 is 0 Å². The Labute approximate surface area is 146 Å². The number of rotatable bonds is 3. The molecule has 6 heteroatoms. The Bertz CT molecular complexity index is 783. The lowest BCUT2D eigenvalue weighted by molar-refractivity contribution is 0.101. The molecule has 2 aromatic rings. The molecule has 1 heterocycles. The molecule has 1 aliphatic rings. The van der Waals surface area contributed by atoms with Gasteiger partial charge in [-0.1, -0.05) is 18.2 Å². The number of nitrogens with zero attached hydrogens (tertiary/aromatic N) is 2. The summed E-state index contributed by atoms with van der Waals surface area (Å²) in [6.07, 6.45) is 0. The number of nitrogens with one attached hydrogen (secondary N) is 1. The second-order valence-electron chi connectivity index (χ2n) is 6.06. The SMILES string of the molecule is CC(=O)c1cccc(NC(=O)N2CCN(c3cccc(O)c3)CC2)c1. The van der Waals surface area contributed by atoms with Crippen LogP contribution in [0.25, 0.3) is 0 Å². The number of Topliss-reactive ketones (excluding diaryl/α,β-unsaturated/α-hetero) is 1. The highest BCUT2D eigenvalue weighted by Crippen LogP contribution is 2.21. The van der Waals surface area contributed by atoms with Crippen molar-refractivity contribution in [2.45, 2.75) is 6.92 Å². The minimum atomic E-state index is -0.170. The van der Waals surface area contributed by atoms with Crippen molar-refractivity contribution in [1.82, 2.24) is 4.90 Å². The van der Waals surface area contributed by atoms with Crippen molar-refractivity contribution in [2.75, 3.05) is 36.4 Å². The molecule has 2 amide bonds. The van der Waals surface area contributed by atoms with Gasteiger partial charge in [-0.15, -0.1) is 0 Å². The van der Waals surface area contributed by atoms with Crippen molar-refractivity contribution in [3.05, 3.63) is 54.1 Å². The maximum atomic E-state index is 12.4. The Morgan fingerprint density at radius 2 is 1.72 bits per heavy atom. The third kappa shape index (κ3) is 4.09. The Kier molecular flexibility index (Phi) is 4.88. The second kappa shape index (κ2) is 7.25. The van der Waals surface area contributed by atoms with E-state index in [2.05, 4.69) is 10.2 Å². The molecule has 3 rings (SSSR count). The van der Waals surface area contributed by atoms with Crippen LogP contribution >= 0.6 is 0 Å². The largest absolute Gasteiger partial charge is 0.508 e. The Morgan fingerprint density at radius 1 is 1.00 bits per heavy atom. The van der Waals surface area contributed by atoms with Crippen LogP contribution in [0.2, 0.25) is 0 Å². The van der Waals surface area contributed by atoms with E-state index in [-0.39, 0.29) is 17.6 Å². The van der Waals surface area contributed by atoms with E-state index in [4.69, 9.17) is 0 Å². The van der Waals surface area contributed by atoms with Crippen LogP contribution < -0.4 is 10.2 Å². The van der Waals surface area contributed by atoms with Gasteiger partial charge in [0.2, 0.25) is 0 Å². The van der Waals surface area contributed by atoms with E-state index in [0.717, 1.165) is 5.69 Å². The lowest BCUT2D eigenvalue weighted by Gasteiger charge is -2.36. The van der Waals surface area contributed by atoms with Crippen LogP contribution in [0.5, 0.6) is 5.75 Å². The molecule has 1 fully saturated rings. The number of ketones is 1. The fourth-order valence-corrected chi connectivity index (χ4v) is 2.88. The molecular weight excluding hydrogens is 318 g/mol. The van der Waals surface area contributed by atoms with Gasteiger partial charge in [0.05, 0.1) is 0 Å². The first kappa shape index (κ1) is 16.8. The third-order valence-corrected chi connectivity index (χ3v) is 4.28. The van der Waals surface area contributed by atoms with Crippen molar-refractivity contribution in [3.63, 3.8) is 0 Å². The smallest absolute Gasteiger partial charge is 0.321 e. The number of piperazine rings is 1. The molecule has 1 saturated heterocycles. The minimum absolute atomic E-state index is 0.0316. The van der Waals surface area contributed by atoms with Crippen LogP contribution in [-0.4, -0.2) is 48.0 Å². The average molecular weight is 339 g/mol. The number of phenolic OH excluding ortho intramolecular Hbond substituents is 1. The van der Waals surface area contributed by atoms with Gasteiger partial charge < -0.3 is 20.2 Å². The lowest BCUT2D eigenvalue weighted by Crippen LogP contribution is -2.50. The summed E-state index contributed by atoms with van der Waals surface area (Å²) in [5.41, 5.74) is 2.15. The van der Waals surface area contributed by atoms with Gasteiger partial charge in [-0.05, 0) is 31.2 Å². The predicted octanol–water partition coefficient (Wildman–Crippen LogP) is 2.95. The lowest BCUT2D eigenvalue weighted by atomic mass is 10.1. The van der Waals surface area contributed by atoms with E-state index in [1.165, 1.54) is 6.92 Å². The number of anilines is 2. The molecule has 6 nitrogen and oxygen atoms in total. The predicted molar refractivity (Wildman–Crippen MR) is 97.4 cm³/mol. The van der Waals surface area contributed by atoms with Gasteiger partial charge in [-0.3, -0.25) is 4.79 Å². The second-order valence-corrected chi connectivity index (χ2v) is 6.06. The van der Waals surface area contributed by atoms with Crippen LogP contribution in [-0.2, 0) is 0 Å². The van der Waals surface area contributed by atoms with Gasteiger partial charge in [0.15, 0.2) is 5.78 Å². The van der Waals surface area contributed by atoms with E-state index >= 15 is 0 Å². The number of carbonyl (C=O) groups is 2. The molecule has 0 atom stereocenters. The summed E-state index contributed by atoms with van der Waals surface area (Å²) < 4.78 is 0. The maximum absolute atomic E-state index is 12.4. The zero-order valence-corrected chi connectivity index (χ0v) is 14.1. The van der Waals surface area contributed by atoms with E-state index in [1.54, 1.807) is 41.3 Å². The monoisotopic (exact) mass is 339 g/mol. The summed E-state index contributed by atoms with van der Waals surface area (Å²) in [7, 11) is 0. The first-order valence-corrected chi connectivity index (χ1v) is 8.24. The van der Waals surface area contributed by atoms with Gasteiger partial charge in [0, 0.05) is 49.2 Å². The molecule has 0 saturated carbocycles. The fourth-order valence-electron chi connectivity index (χ4n) is 2.88. The van der Waals surface area contributed by atoms with Gasteiger partial charge in [-0.25, -0.2) is 4.79 Å². The highest BCUT2D eigenvalue weighted by Gasteiger charge is 2.21. The zero-order chi connectivity index (χ0) is 17.8. The standard InChI is InChI=1S/C19H21N3O3/c1-14(23)15-4-2-5-16(12-15)20-19(25)22-10-8-21(9-11-22)17-6-3-7-18(24)13-17/h2-7,12-13,24H,8-11H2,1H3,(H,20,25). The van der Waals surface area contributed by atoms with Crippen LogP contribution in [0, 0.1) is 0 Å². The first-order chi connectivity index (χ1) is 12.0. The Morgan fingerprint density at radius 3 is 2.40 bits per heavy atom. The van der Waals surface area contributed by atoms with E-state index in [9.17, 15) is 14.7 Å². The van der Waals surface area contributed by atoms with Crippen molar-refractivity contribution in [3.8, 4) is 5.75 Å². The molecule has 0 aromatic heterocycles. The molecule has 0 bridgehead atoms. The van der Waals surface area contributed by atoms with Gasteiger partial charge in [0.25, 0.3) is 0 Å². The molecule has 2 N–H and O–H groups in total. The molecule has 0 aliphatic carbocycles. The quantitative estimate of drug-likeness (QED) is 0.843. The van der Waals surface area contributed by atoms with Crippen LogP contribution in [0.4, 0.5) is 16.2 Å². The highest BCUT2D eigenvalue weighted by molar-refractivity contribution is 5.96. The highest BCUT2D eigenvalue weighted by atomic mass is 16.3. The van der Waals surface area contributed by atoms with Gasteiger partial charge in [-0.2, -0.15) is 0 Å². The topological polar surface area (TPSA) is 72.9 Å². The number of benzene rings is 2. The number of aromatic hydroxyl groups is 1. The molecular formula is C19H21N3O3. The van der Waals surface area contributed by atoms with Crippen LogP contribution in [0.3, 0.4) is 0 Å².